The molecule has 2 aliphatic heterocycles. The van der Waals surface area contributed by atoms with Crippen molar-refractivity contribution in [1.29, 1.82) is 0 Å². The van der Waals surface area contributed by atoms with E-state index in [9.17, 15) is 14.0 Å². The van der Waals surface area contributed by atoms with Gasteiger partial charge in [-0.1, -0.05) is 6.07 Å². The number of carbonyl (C=O) groups excluding carboxylic acids is 2. The summed E-state index contributed by atoms with van der Waals surface area (Å²) in [6.07, 6.45) is 2.40. The lowest BCUT2D eigenvalue weighted by atomic mass is 10.0. The van der Waals surface area contributed by atoms with Crippen LogP contribution in [-0.4, -0.2) is 60.5 Å². The van der Waals surface area contributed by atoms with Crippen LogP contribution in [0.25, 0.3) is 0 Å². The van der Waals surface area contributed by atoms with Crippen LogP contribution in [0.5, 0.6) is 0 Å². The third-order valence-corrected chi connectivity index (χ3v) is 4.57. The lowest BCUT2D eigenvalue weighted by molar-refractivity contribution is -0.116. The predicted octanol–water partition coefficient (Wildman–Crippen LogP) is 1.64. The molecule has 1 aromatic rings. The first-order valence-corrected chi connectivity index (χ1v) is 8.44. The molecule has 24 heavy (non-hydrogen) atoms. The summed E-state index contributed by atoms with van der Waals surface area (Å²) in [7, 11) is 0. The fraction of sp³-hybridized carbons (Fsp3) is 0.529. The molecule has 0 unspecified atom stereocenters. The molecule has 2 saturated heterocycles. The first-order valence-electron chi connectivity index (χ1n) is 8.44. The number of nitrogens with zero attached hydrogens (tertiary/aromatic N) is 2. The van der Waals surface area contributed by atoms with E-state index in [1.54, 1.807) is 12.1 Å². The van der Waals surface area contributed by atoms with Gasteiger partial charge in [-0.25, -0.2) is 9.18 Å². The number of benzene rings is 1. The normalized spacial score (nSPS) is 21.6. The molecule has 3 amide bonds. The molecule has 0 radical (unpaired) electrons. The Morgan fingerprint density at radius 3 is 3.00 bits per heavy atom. The van der Waals surface area contributed by atoms with Crippen molar-refractivity contribution in [2.75, 3.05) is 38.0 Å². The van der Waals surface area contributed by atoms with Crippen molar-refractivity contribution in [2.45, 2.75) is 25.3 Å². The van der Waals surface area contributed by atoms with E-state index in [2.05, 4.69) is 15.5 Å². The molecule has 2 N–H and O–H groups in total. The molecule has 0 aliphatic carbocycles. The van der Waals surface area contributed by atoms with Gasteiger partial charge in [0, 0.05) is 44.3 Å². The molecule has 2 heterocycles. The van der Waals surface area contributed by atoms with E-state index < -0.39 is 0 Å². The summed E-state index contributed by atoms with van der Waals surface area (Å²) >= 11 is 0. The zero-order valence-corrected chi connectivity index (χ0v) is 13.6. The van der Waals surface area contributed by atoms with E-state index in [-0.39, 0.29) is 23.8 Å². The minimum atomic E-state index is -0.365. The number of urea groups is 1. The molecule has 2 aliphatic rings. The van der Waals surface area contributed by atoms with Crippen LogP contribution in [0.4, 0.5) is 14.9 Å². The number of hydrogen-bond donors (Lipinski definition) is 2. The fourth-order valence-electron chi connectivity index (χ4n) is 3.37. The zero-order chi connectivity index (χ0) is 16.9. The Bertz CT molecular complexity index is 610. The number of piperidine rings is 1. The lowest BCUT2D eigenvalue weighted by Gasteiger charge is -2.36. The highest BCUT2D eigenvalue weighted by Gasteiger charge is 2.31. The van der Waals surface area contributed by atoms with E-state index in [0.29, 0.717) is 25.2 Å². The summed E-state index contributed by atoms with van der Waals surface area (Å²) in [6.45, 7) is 3.87. The van der Waals surface area contributed by atoms with Gasteiger partial charge in [0.25, 0.3) is 0 Å². The minimum Gasteiger partial charge on any atom is -0.336 e. The van der Waals surface area contributed by atoms with Crippen LogP contribution in [0.1, 0.15) is 19.3 Å². The van der Waals surface area contributed by atoms with Gasteiger partial charge in [-0.05, 0) is 37.6 Å². The van der Waals surface area contributed by atoms with Gasteiger partial charge in [0.05, 0.1) is 0 Å². The SMILES string of the molecule is O=C(CCN1CCC[C@H](N2CCNC2=O)C1)Nc1cccc(F)c1. The van der Waals surface area contributed by atoms with Crippen molar-refractivity contribution < 1.29 is 14.0 Å². The largest absolute Gasteiger partial charge is 0.336 e. The maximum Gasteiger partial charge on any atom is 0.317 e. The Hall–Kier alpha value is -2.15. The van der Waals surface area contributed by atoms with Crippen molar-refractivity contribution in [3.63, 3.8) is 0 Å². The van der Waals surface area contributed by atoms with Gasteiger partial charge >= 0.3 is 6.03 Å². The summed E-state index contributed by atoms with van der Waals surface area (Å²) in [6, 6.07) is 6.14. The molecular weight excluding hydrogens is 311 g/mol. The average Bonchev–Trinajstić information content (AvgIpc) is 2.99. The zero-order valence-electron chi connectivity index (χ0n) is 13.6. The number of halogens is 1. The number of likely N-dealkylation sites (tertiary alicyclic amines) is 1. The fourth-order valence-corrected chi connectivity index (χ4v) is 3.37. The third-order valence-electron chi connectivity index (χ3n) is 4.57. The minimum absolute atomic E-state index is 0.0192. The second-order valence-electron chi connectivity index (χ2n) is 6.33. The van der Waals surface area contributed by atoms with E-state index in [1.165, 1.54) is 12.1 Å². The van der Waals surface area contributed by atoms with Crippen LogP contribution in [0, 0.1) is 5.82 Å². The van der Waals surface area contributed by atoms with Gasteiger partial charge in [-0.2, -0.15) is 0 Å². The third kappa shape index (κ3) is 4.23. The Kier molecular flexibility index (Phi) is 5.30. The van der Waals surface area contributed by atoms with Gasteiger partial charge in [0.2, 0.25) is 5.91 Å². The summed E-state index contributed by atoms with van der Waals surface area (Å²) in [5, 5.41) is 5.55. The highest BCUT2D eigenvalue weighted by atomic mass is 19.1. The van der Waals surface area contributed by atoms with Gasteiger partial charge < -0.3 is 20.4 Å². The van der Waals surface area contributed by atoms with Crippen LogP contribution >= 0.6 is 0 Å². The van der Waals surface area contributed by atoms with Crippen LogP contribution in [0.15, 0.2) is 24.3 Å². The van der Waals surface area contributed by atoms with Crippen molar-refractivity contribution in [3.05, 3.63) is 30.1 Å². The topological polar surface area (TPSA) is 64.7 Å². The van der Waals surface area contributed by atoms with Crippen LogP contribution in [0.3, 0.4) is 0 Å². The Balaban J connectivity index is 1.45. The second-order valence-corrected chi connectivity index (χ2v) is 6.33. The van der Waals surface area contributed by atoms with Crippen LogP contribution in [0.2, 0.25) is 0 Å². The van der Waals surface area contributed by atoms with Gasteiger partial charge in [0.1, 0.15) is 5.82 Å². The van der Waals surface area contributed by atoms with E-state index >= 15 is 0 Å². The molecule has 0 spiro atoms. The van der Waals surface area contributed by atoms with E-state index in [1.807, 2.05) is 4.90 Å². The number of anilines is 1. The average molecular weight is 334 g/mol. The molecule has 1 atom stereocenters. The molecule has 6 nitrogen and oxygen atoms in total. The Morgan fingerprint density at radius 2 is 2.25 bits per heavy atom. The molecule has 7 heteroatoms. The first-order chi connectivity index (χ1) is 11.6. The highest BCUT2D eigenvalue weighted by Crippen LogP contribution is 2.18. The number of hydrogen-bond acceptors (Lipinski definition) is 3. The summed E-state index contributed by atoms with van der Waals surface area (Å²) < 4.78 is 13.1. The first kappa shape index (κ1) is 16.7. The standard InChI is InChI=1S/C17H23FN4O2/c18-13-3-1-4-14(11-13)20-16(23)6-9-21-8-2-5-15(12-21)22-10-7-19-17(22)24/h1,3-4,11,15H,2,5-10,12H2,(H,19,24)(H,20,23)/t15-/m0/s1. The highest BCUT2D eigenvalue weighted by molar-refractivity contribution is 5.90. The van der Waals surface area contributed by atoms with Crippen molar-refractivity contribution in [1.82, 2.24) is 15.1 Å². The van der Waals surface area contributed by atoms with E-state index in [4.69, 9.17) is 0 Å². The van der Waals surface area contributed by atoms with Crippen LogP contribution in [-0.2, 0) is 4.79 Å². The number of nitrogens with one attached hydrogen (secondary N) is 2. The number of amides is 3. The molecule has 0 aromatic heterocycles. The molecule has 1 aromatic carbocycles. The molecule has 0 saturated carbocycles. The quantitative estimate of drug-likeness (QED) is 0.860. The number of rotatable bonds is 5. The lowest BCUT2D eigenvalue weighted by Crippen LogP contribution is -2.49. The molecular formula is C17H23FN4O2. The van der Waals surface area contributed by atoms with Gasteiger partial charge in [-0.3, -0.25) is 4.79 Å². The number of carbonyl (C=O) groups is 2. The molecule has 3 rings (SSSR count). The predicted molar refractivity (Wildman–Crippen MR) is 89.2 cm³/mol. The molecule has 130 valence electrons. The van der Waals surface area contributed by atoms with Crippen molar-refractivity contribution in [2.24, 2.45) is 0 Å². The van der Waals surface area contributed by atoms with Crippen molar-refractivity contribution >= 4 is 17.6 Å². The monoisotopic (exact) mass is 334 g/mol. The maximum atomic E-state index is 13.1. The smallest absolute Gasteiger partial charge is 0.317 e. The summed E-state index contributed by atoms with van der Waals surface area (Å²) in [5.74, 6) is -0.489. The van der Waals surface area contributed by atoms with Crippen molar-refractivity contribution in [3.8, 4) is 0 Å². The van der Waals surface area contributed by atoms with Crippen LogP contribution < -0.4 is 10.6 Å². The van der Waals surface area contributed by atoms with E-state index in [0.717, 1.165) is 32.5 Å². The summed E-state index contributed by atoms with van der Waals surface area (Å²) in [4.78, 5) is 27.9. The second kappa shape index (κ2) is 7.61. The van der Waals surface area contributed by atoms with Gasteiger partial charge in [-0.15, -0.1) is 0 Å². The Labute approximate surface area is 141 Å². The van der Waals surface area contributed by atoms with Gasteiger partial charge in [0.15, 0.2) is 0 Å². The molecule has 0 bridgehead atoms. The summed E-state index contributed by atoms with van der Waals surface area (Å²) in [5.41, 5.74) is 0.477. The maximum absolute atomic E-state index is 13.1. The molecule has 2 fully saturated rings. The Morgan fingerprint density at radius 1 is 1.38 bits per heavy atom.